The van der Waals surface area contributed by atoms with Crippen LogP contribution >= 0.6 is 0 Å². The largest absolute Gasteiger partial charge is 0.394 e. The van der Waals surface area contributed by atoms with Crippen LogP contribution in [-0.4, -0.2) is 59.6 Å². The van der Waals surface area contributed by atoms with Crippen molar-refractivity contribution in [2.24, 2.45) is 0 Å². The molecule has 0 aromatic heterocycles. The lowest BCUT2D eigenvalue weighted by Gasteiger charge is -2.37. The molecule has 1 saturated heterocycles. The highest BCUT2D eigenvalue weighted by Gasteiger charge is 2.38. The first-order valence-corrected chi connectivity index (χ1v) is 9.90. The van der Waals surface area contributed by atoms with E-state index in [1.165, 1.54) is 57.8 Å². The van der Waals surface area contributed by atoms with E-state index < -0.39 is 24.4 Å². The number of aliphatic hydroxyl groups is 3. The molecule has 0 aromatic rings. The molecule has 0 unspecified atom stereocenters. The predicted octanol–water partition coefficient (Wildman–Crippen LogP) is 2.80. The molecule has 144 valence electrons. The Kier molecular flexibility index (Phi) is 12.8. The molecule has 0 bridgehead atoms. The van der Waals surface area contributed by atoms with Crippen molar-refractivity contribution in [3.8, 4) is 0 Å². The van der Waals surface area contributed by atoms with Crippen LogP contribution in [0.15, 0.2) is 0 Å². The summed E-state index contributed by atoms with van der Waals surface area (Å²) in [5, 5.41) is 29.0. The maximum atomic E-state index is 10.0. The van der Waals surface area contributed by atoms with Gasteiger partial charge in [0, 0.05) is 6.61 Å². The van der Waals surface area contributed by atoms with Crippen LogP contribution in [0, 0.1) is 0 Å². The van der Waals surface area contributed by atoms with Gasteiger partial charge >= 0.3 is 0 Å². The average Bonchev–Trinajstić information content (AvgIpc) is 2.58. The summed E-state index contributed by atoms with van der Waals surface area (Å²) in [6, 6.07) is 0. The summed E-state index contributed by atoms with van der Waals surface area (Å²) in [6.45, 7) is 2.63. The zero-order valence-electron chi connectivity index (χ0n) is 15.4. The lowest BCUT2D eigenvalue weighted by Crippen LogP contribution is -2.55. The van der Waals surface area contributed by atoms with Crippen LogP contribution < -0.4 is 0 Å². The Morgan fingerprint density at radius 3 is 1.96 bits per heavy atom. The summed E-state index contributed by atoms with van der Waals surface area (Å²) in [4.78, 5) is 0. The van der Waals surface area contributed by atoms with Gasteiger partial charge in [-0.3, -0.25) is 0 Å². The summed E-state index contributed by atoms with van der Waals surface area (Å²) < 4.78 is 10.8. The van der Waals surface area contributed by atoms with E-state index in [-0.39, 0.29) is 13.2 Å². The van der Waals surface area contributed by atoms with Crippen LogP contribution in [0.3, 0.4) is 0 Å². The topological polar surface area (TPSA) is 79.2 Å². The second-order valence-electron chi connectivity index (χ2n) is 6.98. The maximum absolute atomic E-state index is 10.0. The molecular formula is C19H38O5. The van der Waals surface area contributed by atoms with E-state index in [9.17, 15) is 10.2 Å². The Hall–Kier alpha value is -0.200. The van der Waals surface area contributed by atoms with Gasteiger partial charge in [-0.15, -0.1) is 0 Å². The van der Waals surface area contributed by atoms with Gasteiger partial charge in [-0.2, -0.15) is 0 Å². The lowest BCUT2D eigenvalue weighted by atomic mass is 10.0. The van der Waals surface area contributed by atoms with Gasteiger partial charge < -0.3 is 24.8 Å². The quantitative estimate of drug-likeness (QED) is 0.422. The molecule has 0 radical (unpaired) electrons. The van der Waals surface area contributed by atoms with Gasteiger partial charge in [-0.25, -0.2) is 0 Å². The van der Waals surface area contributed by atoms with Crippen molar-refractivity contribution in [3.05, 3.63) is 0 Å². The molecule has 0 amide bonds. The van der Waals surface area contributed by atoms with Crippen molar-refractivity contribution in [2.45, 2.75) is 102 Å². The van der Waals surface area contributed by atoms with Crippen molar-refractivity contribution in [1.82, 2.24) is 0 Å². The number of aliphatic hydroxyl groups excluding tert-OH is 3. The van der Waals surface area contributed by atoms with Crippen molar-refractivity contribution in [2.75, 3.05) is 19.8 Å². The number of hydrogen-bond donors (Lipinski definition) is 3. The van der Waals surface area contributed by atoms with E-state index in [1.54, 1.807) is 0 Å². The van der Waals surface area contributed by atoms with Crippen molar-refractivity contribution in [1.29, 1.82) is 0 Å². The lowest BCUT2D eigenvalue weighted by molar-refractivity contribution is -0.210. The normalized spacial score (nSPS) is 27.5. The van der Waals surface area contributed by atoms with E-state index in [0.717, 1.165) is 12.8 Å². The standard InChI is InChI=1S/C19H38O5/c1-2-3-4-5-6-7-8-9-10-11-12-13-23-19-16(21)15-24-17(14-20)18(19)22/h16-22H,2-15H2,1H3/t16-,17+,18+,19+/m0/s1. The molecule has 1 aliphatic rings. The molecule has 0 aromatic carbocycles. The fraction of sp³-hybridized carbons (Fsp3) is 1.00. The van der Waals surface area contributed by atoms with Gasteiger partial charge in [0.2, 0.25) is 0 Å². The van der Waals surface area contributed by atoms with Gasteiger partial charge in [-0.1, -0.05) is 71.1 Å². The molecule has 1 fully saturated rings. The average molecular weight is 347 g/mol. The highest BCUT2D eigenvalue weighted by molar-refractivity contribution is 4.87. The Morgan fingerprint density at radius 2 is 1.42 bits per heavy atom. The van der Waals surface area contributed by atoms with Crippen molar-refractivity contribution >= 4 is 0 Å². The zero-order chi connectivity index (χ0) is 17.6. The van der Waals surface area contributed by atoms with Crippen LogP contribution in [0.4, 0.5) is 0 Å². The van der Waals surface area contributed by atoms with E-state index in [4.69, 9.17) is 14.6 Å². The molecule has 24 heavy (non-hydrogen) atoms. The highest BCUT2D eigenvalue weighted by Crippen LogP contribution is 2.19. The third kappa shape index (κ3) is 8.77. The fourth-order valence-electron chi connectivity index (χ4n) is 3.21. The smallest absolute Gasteiger partial charge is 0.114 e. The zero-order valence-corrected chi connectivity index (χ0v) is 15.4. The molecule has 5 heteroatoms. The Morgan fingerprint density at radius 1 is 0.875 bits per heavy atom. The molecule has 3 N–H and O–H groups in total. The number of unbranched alkanes of at least 4 members (excludes halogenated alkanes) is 10. The molecular weight excluding hydrogens is 308 g/mol. The summed E-state index contributed by atoms with van der Waals surface area (Å²) in [5.41, 5.74) is 0. The first kappa shape index (κ1) is 21.8. The Balaban J connectivity index is 1.94. The SMILES string of the molecule is CCCCCCCCCCCCCO[C@H]1[C@H](O)[C@@H](CO)OC[C@@H]1O. The molecule has 1 aliphatic heterocycles. The van der Waals surface area contributed by atoms with E-state index >= 15 is 0 Å². The van der Waals surface area contributed by atoms with Gasteiger partial charge in [0.25, 0.3) is 0 Å². The molecule has 1 heterocycles. The van der Waals surface area contributed by atoms with Crippen LogP contribution in [0.2, 0.25) is 0 Å². The molecule has 0 spiro atoms. The Labute approximate surface area is 147 Å². The third-order valence-corrected chi connectivity index (χ3v) is 4.82. The minimum atomic E-state index is -0.966. The molecule has 0 aliphatic carbocycles. The summed E-state index contributed by atoms with van der Waals surface area (Å²) in [6.07, 6.45) is 10.9. The van der Waals surface area contributed by atoms with Crippen LogP contribution in [0.25, 0.3) is 0 Å². The van der Waals surface area contributed by atoms with Crippen molar-refractivity contribution < 1.29 is 24.8 Å². The van der Waals surface area contributed by atoms with Crippen molar-refractivity contribution in [3.63, 3.8) is 0 Å². The second-order valence-corrected chi connectivity index (χ2v) is 6.98. The van der Waals surface area contributed by atoms with Crippen LogP contribution in [0.1, 0.15) is 77.6 Å². The Bertz CT molecular complexity index is 287. The first-order chi connectivity index (χ1) is 11.7. The second kappa shape index (κ2) is 14.0. The van der Waals surface area contributed by atoms with E-state index in [2.05, 4.69) is 6.92 Å². The number of rotatable bonds is 14. The molecule has 1 rings (SSSR count). The number of ether oxygens (including phenoxy) is 2. The maximum Gasteiger partial charge on any atom is 0.114 e. The highest BCUT2D eigenvalue weighted by atomic mass is 16.6. The molecule has 5 nitrogen and oxygen atoms in total. The third-order valence-electron chi connectivity index (χ3n) is 4.82. The van der Waals surface area contributed by atoms with Crippen LogP contribution in [0.5, 0.6) is 0 Å². The monoisotopic (exact) mass is 346 g/mol. The summed E-state index contributed by atoms with van der Waals surface area (Å²) >= 11 is 0. The summed E-state index contributed by atoms with van der Waals surface area (Å²) in [5.74, 6) is 0. The minimum absolute atomic E-state index is 0.102. The van der Waals surface area contributed by atoms with E-state index in [1.807, 2.05) is 0 Å². The summed E-state index contributed by atoms with van der Waals surface area (Å²) in [7, 11) is 0. The van der Waals surface area contributed by atoms with E-state index in [0.29, 0.717) is 6.61 Å². The molecule has 0 saturated carbocycles. The van der Waals surface area contributed by atoms with Gasteiger partial charge in [0.1, 0.15) is 24.4 Å². The molecule has 4 atom stereocenters. The predicted molar refractivity (Wildman–Crippen MR) is 95.0 cm³/mol. The van der Waals surface area contributed by atoms with Crippen LogP contribution in [-0.2, 0) is 9.47 Å². The van der Waals surface area contributed by atoms with Gasteiger partial charge in [0.15, 0.2) is 0 Å². The fourth-order valence-corrected chi connectivity index (χ4v) is 3.21. The van der Waals surface area contributed by atoms with Gasteiger partial charge in [0.05, 0.1) is 13.2 Å². The number of hydrogen-bond acceptors (Lipinski definition) is 5. The first-order valence-electron chi connectivity index (χ1n) is 9.90. The minimum Gasteiger partial charge on any atom is -0.394 e. The van der Waals surface area contributed by atoms with Gasteiger partial charge in [-0.05, 0) is 6.42 Å².